The Balaban J connectivity index is 2.35. The van der Waals surface area contributed by atoms with Crippen LogP contribution in [0.2, 0.25) is 36.3 Å². The number of hydrogen-bond donors (Lipinski definition) is 0. The zero-order valence-corrected chi connectivity index (χ0v) is 21.1. The smallest absolute Gasteiger partial charge is 0.0749 e. The maximum atomic E-state index is 2.63. The molecule has 0 heterocycles. The molecular formula is C25H38Si2. The van der Waals surface area contributed by atoms with Crippen molar-refractivity contribution < 1.29 is 0 Å². The fourth-order valence-corrected chi connectivity index (χ4v) is 11.5. The molecule has 2 aromatic carbocycles. The highest BCUT2D eigenvalue weighted by molar-refractivity contribution is 6.92. The highest BCUT2D eigenvalue weighted by atomic mass is 28.3. The molecule has 0 saturated heterocycles. The number of hydrogen-bond acceptors (Lipinski definition) is 0. The predicted octanol–water partition coefficient (Wildman–Crippen LogP) is 8.42. The Morgan fingerprint density at radius 2 is 1.33 bits per heavy atom. The highest BCUT2D eigenvalue weighted by Gasteiger charge is 2.52. The third-order valence-electron chi connectivity index (χ3n) is 8.17. The van der Waals surface area contributed by atoms with Crippen molar-refractivity contribution in [3.8, 4) is 0 Å². The van der Waals surface area contributed by atoms with Crippen molar-refractivity contribution in [3.05, 3.63) is 52.7 Å². The van der Waals surface area contributed by atoms with Crippen LogP contribution in [-0.2, 0) is 0 Å². The molecule has 0 radical (unpaired) electrons. The van der Waals surface area contributed by atoms with E-state index in [4.69, 9.17) is 0 Å². The van der Waals surface area contributed by atoms with Gasteiger partial charge in [-0.1, -0.05) is 115 Å². The minimum Gasteiger partial charge on any atom is -0.0749 e. The summed E-state index contributed by atoms with van der Waals surface area (Å²) in [6, 6.07) is 13.7. The van der Waals surface area contributed by atoms with Crippen LogP contribution in [0.4, 0.5) is 0 Å². The van der Waals surface area contributed by atoms with Crippen molar-refractivity contribution >= 4 is 33.0 Å². The second kappa shape index (κ2) is 6.19. The van der Waals surface area contributed by atoms with Gasteiger partial charge in [0.05, 0.1) is 16.1 Å². The molecule has 0 N–H and O–H groups in total. The van der Waals surface area contributed by atoms with Crippen molar-refractivity contribution in [2.75, 3.05) is 0 Å². The standard InChI is InChI=1S/C25H38Si2/c1-24(2,3)26(7,8)21-17-19-16-15-18-13-11-12-14-20(18)22(19)23(21)27(9,10)25(4,5)6/h11-17,23H,1-10H3. The summed E-state index contributed by atoms with van der Waals surface area (Å²) in [6.45, 7) is 25.3. The molecule has 1 aliphatic rings. The van der Waals surface area contributed by atoms with E-state index in [1.807, 2.05) is 0 Å². The van der Waals surface area contributed by atoms with E-state index < -0.39 is 16.1 Å². The minimum atomic E-state index is -1.63. The second-order valence-electron chi connectivity index (χ2n) is 11.7. The van der Waals surface area contributed by atoms with E-state index in [9.17, 15) is 0 Å². The van der Waals surface area contributed by atoms with Gasteiger partial charge in [0, 0.05) is 0 Å². The summed E-state index contributed by atoms with van der Waals surface area (Å²) in [5.74, 6) is 0. The summed E-state index contributed by atoms with van der Waals surface area (Å²) in [5.41, 5.74) is 3.75. The fraction of sp³-hybridized carbons (Fsp3) is 0.520. The lowest BCUT2D eigenvalue weighted by Gasteiger charge is -2.49. The molecule has 0 aromatic heterocycles. The van der Waals surface area contributed by atoms with Gasteiger partial charge in [-0.3, -0.25) is 0 Å². The van der Waals surface area contributed by atoms with E-state index in [2.05, 4.69) is 110 Å². The Morgan fingerprint density at radius 1 is 0.741 bits per heavy atom. The third kappa shape index (κ3) is 3.09. The van der Waals surface area contributed by atoms with Crippen molar-refractivity contribution in [1.82, 2.24) is 0 Å². The van der Waals surface area contributed by atoms with Crippen LogP contribution in [-0.4, -0.2) is 16.1 Å². The Bertz CT molecular complexity index is 902. The number of fused-ring (bicyclic) bond motifs is 3. The van der Waals surface area contributed by atoms with E-state index in [0.29, 0.717) is 15.6 Å². The zero-order valence-electron chi connectivity index (χ0n) is 19.1. The van der Waals surface area contributed by atoms with E-state index in [-0.39, 0.29) is 0 Å². The lowest BCUT2D eigenvalue weighted by molar-refractivity contribution is 0.697. The first kappa shape index (κ1) is 20.6. The molecule has 1 atom stereocenters. The van der Waals surface area contributed by atoms with Gasteiger partial charge >= 0.3 is 0 Å². The van der Waals surface area contributed by atoms with Crippen molar-refractivity contribution in [2.45, 2.75) is 83.3 Å². The van der Waals surface area contributed by atoms with Gasteiger partial charge in [0.2, 0.25) is 0 Å². The van der Waals surface area contributed by atoms with E-state index in [1.165, 1.54) is 16.3 Å². The molecule has 0 aliphatic heterocycles. The van der Waals surface area contributed by atoms with Crippen LogP contribution in [0, 0.1) is 0 Å². The average molecular weight is 395 g/mol. The molecule has 2 aromatic rings. The lowest BCUT2D eigenvalue weighted by atomic mass is 10.0. The summed E-state index contributed by atoms with van der Waals surface area (Å²) in [5, 5.41) is 5.39. The largest absolute Gasteiger partial charge is 0.0812 e. The predicted molar refractivity (Wildman–Crippen MR) is 129 cm³/mol. The summed E-state index contributed by atoms with van der Waals surface area (Å²) in [6.07, 6.45) is 2.62. The Hall–Kier alpha value is -1.13. The molecule has 0 spiro atoms. The van der Waals surface area contributed by atoms with E-state index in [0.717, 1.165) is 0 Å². The molecule has 146 valence electrons. The summed E-state index contributed by atoms with van der Waals surface area (Å²) >= 11 is 0. The first-order chi connectivity index (χ1) is 12.2. The third-order valence-corrected chi connectivity index (χ3v) is 20.0. The molecular weight excluding hydrogens is 356 g/mol. The normalized spacial score (nSPS) is 18.6. The van der Waals surface area contributed by atoms with Gasteiger partial charge in [-0.15, -0.1) is 0 Å². The first-order valence-electron chi connectivity index (χ1n) is 10.4. The molecule has 0 bridgehead atoms. The van der Waals surface area contributed by atoms with Gasteiger partial charge in [-0.2, -0.15) is 0 Å². The molecule has 3 rings (SSSR count). The Morgan fingerprint density at radius 3 is 1.89 bits per heavy atom. The average Bonchev–Trinajstić information content (AvgIpc) is 2.94. The quantitative estimate of drug-likeness (QED) is 0.448. The van der Waals surface area contributed by atoms with Crippen LogP contribution in [0.25, 0.3) is 16.8 Å². The molecule has 0 amide bonds. The van der Waals surface area contributed by atoms with Crippen LogP contribution < -0.4 is 0 Å². The van der Waals surface area contributed by atoms with Crippen LogP contribution in [0.1, 0.15) is 58.2 Å². The molecule has 1 unspecified atom stereocenters. The zero-order chi connectivity index (χ0) is 20.4. The Labute approximate surface area is 169 Å². The van der Waals surface area contributed by atoms with E-state index >= 15 is 0 Å². The van der Waals surface area contributed by atoms with Gasteiger partial charge in [0.25, 0.3) is 0 Å². The van der Waals surface area contributed by atoms with Crippen LogP contribution in [0.3, 0.4) is 0 Å². The summed E-state index contributed by atoms with van der Waals surface area (Å²) < 4.78 is 0. The molecule has 27 heavy (non-hydrogen) atoms. The molecule has 0 saturated carbocycles. The van der Waals surface area contributed by atoms with Gasteiger partial charge in [0.15, 0.2) is 0 Å². The molecule has 0 nitrogen and oxygen atoms in total. The number of benzene rings is 2. The van der Waals surface area contributed by atoms with Crippen molar-refractivity contribution in [2.24, 2.45) is 0 Å². The van der Waals surface area contributed by atoms with Crippen molar-refractivity contribution in [3.63, 3.8) is 0 Å². The maximum absolute atomic E-state index is 2.63. The van der Waals surface area contributed by atoms with Crippen molar-refractivity contribution in [1.29, 1.82) is 0 Å². The van der Waals surface area contributed by atoms with E-state index in [1.54, 1.807) is 10.8 Å². The monoisotopic (exact) mass is 394 g/mol. The Kier molecular flexibility index (Phi) is 4.72. The SMILES string of the molecule is CC(C)(C)[Si](C)(C)C1=Cc2ccc3ccccc3c2C1[Si](C)(C)C(C)(C)C. The molecule has 0 fully saturated rings. The van der Waals surface area contributed by atoms with Gasteiger partial charge in [0.1, 0.15) is 0 Å². The lowest BCUT2D eigenvalue weighted by Crippen LogP contribution is -2.50. The maximum Gasteiger partial charge on any atom is 0.0812 e. The second-order valence-corrected chi connectivity index (χ2v) is 22.5. The molecule has 2 heteroatoms. The topological polar surface area (TPSA) is 0 Å². The van der Waals surface area contributed by atoms with Gasteiger partial charge in [-0.25, -0.2) is 0 Å². The number of rotatable bonds is 2. The molecule has 1 aliphatic carbocycles. The van der Waals surface area contributed by atoms with Crippen LogP contribution in [0.5, 0.6) is 0 Å². The highest BCUT2D eigenvalue weighted by Crippen LogP contribution is 2.58. The summed E-state index contributed by atoms with van der Waals surface area (Å²) in [7, 11) is -3.24. The van der Waals surface area contributed by atoms with Crippen LogP contribution >= 0.6 is 0 Å². The first-order valence-corrected chi connectivity index (χ1v) is 16.5. The van der Waals surface area contributed by atoms with Gasteiger partial charge < -0.3 is 0 Å². The van der Waals surface area contributed by atoms with Gasteiger partial charge in [-0.05, 0) is 37.5 Å². The number of allylic oxidation sites excluding steroid dienone is 1. The van der Waals surface area contributed by atoms with Crippen LogP contribution in [0.15, 0.2) is 41.6 Å². The fourth-order valence-electron chi connectivity index (χ4n) is 4.32. The summed E-state index contributed by atoms with van der Waals surface area (Å²) in [4.78, 5) is 0. The minimum absolute atomic E-state index is 0.358.